The molecule has 64 valence electrons. The minimum atomic E-state index is -0.0719. The summed E-state index contributed by atoms with van der Waals surface area (Å²) in [7, 11) is 0. The Morgan fingerprint density at radius 1 is 1.50 bits per heavy atom. The van der Waals surface area contributed by atoms with Gasteiger partial charge in [-0.2, -0.15) is 0 Å². The van der Waals surface area contributed by atoms with Gasteiger partial charge in [0, 0.05) is 23.4 Å². The summed E-state index contributed by atoms with van der Waals surface area (Å²) >= 11 is 0. The Kier molecular flexibility index (Phi) is 2.27. The first-order valence-corrected chi connectivity index (χ1v) is 3.96. The molecule has 12 heavy (non-hydrogen) atoms. The van der Waals surface area contributed by atoms with E-state index in [-0.39, 0.29) is 11.2 Å². The van der Waals surface area contributed by atoms with E-state index in [0.717, 1.165) is 0 Å². The van der Waals surface area contributed by atoms with E-state index in [2.05, 4.69) is 4.99 Å². The molecule has 0 amide bonds. The van der Waals surface area contributed by atoms with Crippen molar-refractivity contribution in [2.24, 2.45) is 10.4 Å². The highest BCUT2D eigenvalue weighted by Gasteiger charge is 2.14. The van der Waals surface area contributed by atoms with E-state index in [1.807, 2.05) is 26.0 Å². The second-order valence-electron chi connectivity index (χ2n) is 3.57. The van der Waals surface area contributed by atoms with Crippen LogP contribution in [0.3, 0.4) is 0 Å². The topological polar surface area (TPSA) is 29.4 Å². The van der Waals surface area contributed by atoms with Crippen molar-refractivity contribution in [3.63, 3.8) is 0 Å². The van der Waals surface area contributed by atoms with Crippen molar-refractivity contribution in [2.75, 3.05) is 0 Å². The molecule has 0 aromatic heterocycles. The number of hydrogen-bond donors (Lipinski definition) is 0. The molecule has 0 fully saturated rings. The largest absolute Gasteiger partial charge is 0.294 e. The number of rotatable bonds is 1. The third-order valence-corrected chi connectivity index (χ3v) is 1.74. The van der Waals surface area contributed by atoms with Gasteiger partial charge in [-0.1, -0.05) is 26.0 Å². The molecule has 0 radical (unpaired) electrons. The number of Topliss-reactive ketones (excluding diaryl/α,β-unsaturated/α-hetero) is 1. The molecule has 0 spiro atoms. The molecule has 2 nitrogen and oxygen atoms in total. The quantitative estimate of drug-likeness (QED) is 0.582. The van der Waals surface area contributed by atoms with Crippen molar-refractivity contribution in [2.45, 2.75) is 20.8 Å². The maximum atomic E-state index is 11.1. The number of hydrogen-bond acceptors (Lipinski definition) is 2. The number of aliphatic imine (C=N–C) groups is 1. The predicted octanol–water partition coefficient (Wildman–Crippen LogP) is 2.13. The van der Waals surface area contributed by atoms with Gasteiger partial charge in [0.05, 0.1) is 0 Å². The van der Waals surface area contributed by atoms with Crippen LogP contribution in [0.4, 0.5) is 0 Å². The Morgan fingerprint density at radius 3 is 2.75 bits per heavy atom. The lowest BCUT2D eigenvalue weighted by Gasteiger charge is -2.13. The lowest BCUT2D eigenvalue weighted by atomic mass is 9.90. The average Bonchev–Trinajstić information content (AvgIpc) is 2.10. The summed E-state index contributed by atoms with van der Waals surface area (Å²) in [4.78, 5) is 15.0. The van der Waals surface area contributed by atoms with Gasteiger partial charge in [0.2, 0.25) is 0 Å². The predicted molar refractivity (Wildman–Crippen MR) is 50.2 cm³/mol. The van der Waals surface area contributed by atoms with Crippen molar-refractivity contribution in [3.8, 4) is 0 Å². The number of carbonyl (C=O) groups is 1. The summed E-state index contributed by atoms with van der Waals surface area (Å²) in [5, 5.41) is 0. The van der Waals surface area contributed by atoms with Crippen LogP contribution in [-0.4, -0.2) is 12.0 Å². The average molecular weight is 163 g/mol. The van der Waals surface area contributed by atoms with Crippen LogP contribution in [0.2, 0.25) is 0 Å². The standard InChI is InChI=1S/C10H13NO/c1-8(12)9-6-10(2,3)4-5-11-7-9/h4-7H,1-3H3. The summed E-state index contributed by atoms with van der Waals surface area (Å²) in [6, 6.07) is 0. The van der Waals surface area contributed by atoms with Gasteiger partial charge in [0.15, 0.2) is 5.78 Å². The summed E-state index contributed by atoms with van der Waals surface area (Å²) in [5.41, 5.74) is 0.613. The van der Waals surface area contributed by atoms with E-state index in [4.69, 9.17) is 0 Å². The maximum absolute atomic E-state index is 11.1. The molecule has 0 N–H and O–H groups in total. The molecular formula is C10H13NO. The molecule has 1 aliphatic heterocycles. The Labute approximate surface area is 72.7 Å². The van der Waals surface area contributed by atoms with Crippen LogP contribution >= 0.6 is 0 Å². The molecule has 1 aliphatic rings. The van der Waals surface area contributed by atoms with Gasteiger partial charge in [-0.3, -0.25) is 9.79 Å². The highest BCUT2D eigenvalue weighted by Crippen LogP contribution is 2.22. The Bertz CT molecular complexity index is 282. The fourth-order valence-corrected chi connectivity index (χ4v) is 1.04. The van der Waals surface area contributed by atoms with Crippen molar-refractivity contribution in [1.82, 2.24) is 0 Å². The fraction of sp³-hybridized carbons (Fsp3) is 0.400. The zero-order valence-corrected chi connectivity index (χ0v) is 7.66. The number of nitrogens with zero attached hydrogens (tertiary/aromatic N) is 1. The first-order valence-electron chi connectivity index (χ1n) is 3.96. The van der Waals surface area contributed by atoms with E-state index in [1.165, 1.54) is 0 Å². The molecule has 0 bridgehead atoms. The Hall–Kier alpha value is -1.18. The van der Waals surface area contributed by atoms with Crippen LogP contribution in [0, 0.1) is 5.41 Å². The Morgan fingerprint density at radius 2 is 2.17 bits per heavy atom. The summed E-state index contributed by atoms with van der Waals surface area (Å²) in [6.45, 7) is 5.64. The lowest BCUT2D eigenvalue weighted by molar-refractivity contribution is -0.113. The molecule has 0 unspecified atom stereocenters. The minimum Gasteiger partial charge on any atom is -0.294 e. The van der Waals surface area contributed by atoms with E-state index < -0.39 is 0 Å². The SMILES string of the molecule is CC(=O)C1=CC(C)(C)C=CN=C1. The molecule has 1 heterocycles. The zero-order chi connectivity index (χ0) is 9.19. The van der Waals surface area contributed by atoms with Crippen LogP contribution in [0.1, 0.15) is 20.8 Å². The van der Waals surface area contributed by atoms with Crippen LogP contribution in [0.5, 0.6) is 0 Å². The molecular weight excluding hydrogens is 150 g/mol. The summed E-state index contributed by atoms with van der Waals surface area (Å²) in [6.07, 6.45) is 7.24. The smallest absolute Gasteiger partial charge is 0.161 e. The van der Waals surface area contributed by atoms with Crippen LogP contribution < -0.4 is 0 Å². The third-order valence-electron chi connectivity index (χ3n) is 1.74. The molecule has 0 saturated carbocycles. The van der Waals surface area contributed by atoms with Gasteiger partial charge >= 0.3 is 0 Å². The van der Waals surface area contributed by atoms with E-state index in [0.29, 0.717) is 5.57 Å². The van der Waals surface area contributed by atoms with Gasteiger partial charge < -0.3 is 0 Å². The molecule has 0 aromatic carbocycles. The zero-order valence-electron chi connectivity index (χ0n) is 7.66. The van der Waals surface area contributed by atoms with Crippen molar-refractivity contribution >= 4 is 12.0 Å². The second kappa shape index (κ2) is 3.05. The number of ketones is 1. The molecule has 2 heteroatoms. The number of allylic oxidation sites excluding steroid dienone is 3. The first-order chi connectivity index (χ1) is 5.51. The highest BCUT2D eigenvalue weighted by molar-refractivity contribution is 6.12. The summed E-state index contributed by atoms with van der Waals surface area (Å²) in [5.74, 6) is 0.0653. The van der Waals surface area contributed by atoms with Crippen molar-refractivity contribution in [1.29, 1.82) is 0 Å². The van der Waals surface area contributed by atoms with Crippen molar-refractivity contribution < 1.29 is 4.79 Å². The number of carbonyl (C=O) groups excluding carboxylic acids is 1. The van der Waals surface area contributed by atoms with E-state index in [1.54, 1.807) is 19.3 Å². The second-order valence-corrected chi connectivity index (χ2v) is 3.57. The first kappa shape index (κ1) is 8.91. The van der Waals surface area contributed by atoms with Gasteiger partial charge in [-0.25, -0.2) is 0 Å². The van der Waals surface area contributed by atoms with E-state index >= 15 is 0 Å². The van der Waals surface area contributed by atoms with Crippen molar-refractivity contribution in [3.05, 3.63) is 23.9 Å². The molecule has 0 saturated heterocycles. The van der Waals surface area contributed by atoms with Gasteiger partial charge in [0.25, 0.3) is 0 Å². The van der Waals surface area contributed by atoms with Gasteiger partial charge in [-0.15, -0.1) is 0 Å². The highest BCUT2D eigenvalue weighted by atomic mass is 16.1. The molecule has 0 atom stereocenters. The third kappa shape index (κ3) is 2.16. The minimum absolute atomic E-state index is 0.0653. The summed E-state index contributed by atoms with van der Waals surface area (Å²) < 4.78 is 0. The molecule has 0 aromatic rings. The van der Waals surface area contributed by atoms with Crippen LogP contribution in [0.15, 0.2) is 28.9 Å². The van der Waals surface area contributed by atoms with E-state index in [9.17, 15) is 4.79 Å². The van der Waals surface area contributed by atoms with Crippen LogP contribution in [-0.2, 0) is 4.79 Å². The van der Waals surface area contributed by atoms with Gasteiger partial charge in [0.1, 0.15) is 0 Å². The monoisotopic (exact) mass is 163 g/mol. The Balaban J connectivity index is 3.03. The fourth-order valence-electron chi connectivity index (χ4n) is 1.04. The van der Waals surface area contributed by atoms with Crippen LogP contribution in [0.25, 0.3) is 0 Å². The maximum Gasteiger partial charge on any atom is 0.161 e. The molecule has 0 aliphatic carbocycles. The molecule has 1 rings (SSSR count). The normalized spacial score (nSPS) is 20.1. The lowest BCUT2D eigenvalue weighted by Crippen LogP contribution is -2.06. The van der Waals surface area contributed by atoms with Gasteiger partial charge in [-0.05, 0) is 6.92 Å².